The Hall–Kier alpha value is -0.440. The Bertz CT molecular complexity index is 419. The molecule has 1 aromatic carbocycles. The number of rotatable bonds is 6. The molecule has 0 bridgehead atoms. The summed E-state index contributed by atoms with van der Waals surface area (Å²) in [5, 5.41) is 4.14. The lowest BCUT2D eigenvalue weighted by atomic mass is 9.95. The molecule has 0 aromatic heterocycles. The normalized spacial score (nSPS) is 17.1. The molecule has 1 atom stereocenters. The maximum Gasteiger partial charge on any atom is 0.137 e. The van der Waals surface area contributed by atoms with Crippen LogP contribution in [0.3, 0.4) is 0 Å². The first kappa shape index (κ1) is 18.6. The van der Waals surface area contributed by atoms with E-state index in [0.29, 0.717) is 5.92 Å². The summed E-state index contributed by atoms with van der Waals surface area (Å²) < 4.78 is 5.86. The van der Waals surface area contributed by atoms with Crippen molar-refractivity contribution in [3.05, 3.63) is 28.8 Å². The second-order valence-corrected chi connectivity index (χ2v) is 6.24. The van der Waals surface area contributed by atoms with E-state index in [9.17, 15) is 0 Å². The van der Waals surface area contributed by atoms with E-state index in [-0.39, 0.29) is 12.4 Å². The topological polar surface area (TPSA) is 21.3 Å². The number of benzene rings is 1. The first-order valence-corrected chi connectivity index (χ1v) is 8.21. The molecule has 2 rings (SSSR count). The third-order valence-electron chi connectivity index (χ3n) is 4.38. The molecule has 1 N–H and O–H groups in total. The molecule has 0 spiro atoms. The van der Waals surface area contributed by atoms with Crippen LogP contribution in [0.4, 0.5) is 0 Å². The average molecular weight is 332 g/mol. The number of hydrogen-bond acceptors (Lipinski definition) is 2. The van der Waals surface area contributed by atoms with Gasteiger partial charge in [0.1, 0.15) is 5.75 Å². The molecule has 1 aromatic rings. The van der Waals surface area contributed by atoms with E-state index < -0.39 is 0 Å². The number of piperidine rings is 1. The minimum atomic E-state index is 0. The van der Waals surface area contributed by atoms with Crippen LogP contribution < -0.4 is 10.1 Å². The summed E-state index contributed by atoms with van der Waals surface area (Å²) in [5.74, 6) is 2.18. The fourth-order valence-electron chi connectivity index (χ4n) is 2.68. The molecule has 0 radical (unpaired) electrons. The van der Waals surface area contributed by atoms with Crippen LogP contribution in [0, 0.1) is 5.92 Å². The molecule has 120 valence electrons. The molecule has 4 heteroatoms. The van der Waals surface area contributed by atoms with Gasteiger partial charge in [0.05, 0.1) is 11.6 Å². The molecule has 1 fully saturated rings. The molecule has 2 nitrogen and oxygen atoms in total. The predicted molar refractivity (Wildman–Crippen MR) is 93.1 cm³/mol. The van der Waals surface area contributed by atoms with Gasteiger partial charge in [0.15, 0.2) is 0 Å². The van der Waals surface area contributed by atoms with Crippen molar-refractivity contribution < 1.29 is 4.74 Å². The van der Waals surface area contributed by atoms with Crippen molar-refractivity contribution in [2.45, 2.75) is 45.4 Å². The van der Waals surface area contributed by atoms with Gasteiger partial charge in [0.25, 0.3) is 0 Å². The summed E-state index contributed by atoms with van der Waals surface area (Å²) in [6.45, 7) is 7.49. The maximum atomic E-state index is 6.32. The molecular formula is C17H27Cl2NO. The lowest BCUT2D eigenvalue weighted by Gasteiger charge is -2.22. The van der Waals surface area contributed by atoms with E-state index >= 15 is 0 Å². The highest BCUT2D eigenvalue weighted by atomic mass is 35.5. The van der Waals surface area contributed by atoms with E-state index in [1.807, 2.05) is 6.07 Å². The van der Waals surface area contributed by atoms with Crippen LogP contribution in [0.15, 0.2) is 18.2 Å². The van der Waals surface area contributed by atoms with Gasteiger partial charge in [0, 0.05) is 0 Å². The smallest absolute Gasteiger partial charge is 0.137 e. The van der Waals surface area contributed by atoms with E-state index in [2.05, 4.69) is 31.3 Å². The second-order valence-electron chi connectivity index (χ2n) is 5.83. The zero-order valence-electron chi connectivity index (χ0n) is 13.0. The van der Waals surface area contributed by atoms with Crippen molar-refractivity contribution in [1.82, 2.24) is 5.32 Å². The van der Waals surface area contributed by atoms with Gasteiger partial charge in [-0.1, -0.05) is 31.5 Å². The Kier molecular flexibility index (Phi) is 8.46. The zero-order valence-corrected chi connectivity index (χ0v) is 14.6. The van der Waals surface area contributed by atoms with Crippen LogP contribution >= 0.6 is 24.0 Å². The molecule has 0 saturated carbocycles. The van der Waals surface area contributed by atoms with E-state index in [1.165, 1.54) is 18.4 Å². The fourth-order valence-corrected chi connectivity index (χ4v) is 2.93. The summed E-state index contributed by atoms with van der Waals surface area (Å²) in [5.41, 5.74) is 1.29. The van der Waals surface area contributed by atoms with Crippen LogP contribution in [0.5, 0.6) is 5.75 Å². The molecule has 0 aliphatic carbocycles. The minimum Gasteiger partial charge on any atom is -0.492 e. The average Bonchev–Trinajstić information content (AvgIpc) is 2.49. The molecule has 1 aliphatic heterocycles. The Balaban J connectivity index is 0.00000220. The lowest BCUT2D eigenvalue weighted by molar-refractivity contribution is 0.252. The number of hydrogen-bond donors (Lipinski definition) is 1. The summed E-state index contributed by atoms with van der Waals surface area (Å²) >= 11 is 6.32. The molecule has 21 heavy (non-hydrogen) atoms. The number of halogens is 2. The van der Waals surface area contributed by atoms with Crippen molar-refractivity contribution in [1.29, 1.82) is 0 Å². The van der Waals surface area contributed by atoms with Crippen LogP contribution in [0.1, 0.15) is 51.0 Å². The first-order valence-electron chi connectivity index (χ1n) is 7.83. The standard InChI is InChI=1S/C17H26ClNO.ClH/c1-3-13(2)15-4-5-17(16(18)12-15)20-11-8-14-6-9-19-10-7-14;/h4-5,12-14,19H,3,6-11H2,1-2H3;1H. The highest BCUT2D eigenvalue weighted by molar-refractivity contribution is 6.32. The van der Waals surface area contributed by atoms with Crippen LogP contribution in [0.2, 0.25) is 5.02 Å². The third kappa shape index (κ3) is 5.69. The maximum absolute atomic E-state index is 6.32. The largest absolute Gasteiger partial charge is 0.492 e. The van der Waals surface area contributed by atoms with Gasteiger partial charge in [0.2, 0.25) is 0 Å². The number of nitrogens with one attached hydrogen (secondary N) is 1. The molecule has 1 unspecified atom stereocenters. The second kappa shape index (κ2) is 9.55. The van der Waals surface area contributed by atoms with Gasteiger partial charge in [-0.05, 0) is 68.3 Å². The molecule has 1 heterocycles. The van der Waals surface area contributed by atoms with Crippen molar-refractivity contribution in [3.63, 3.8) is 0 Å². The summed E-state index contributed by atoms with van der Waals surface area (Å²) in [6, 6.07) is 6.21. The van der Waals surface area contributed by atoms with E-state index in [4.69, 9.17) is 16.3 Å². The summed E-state index contributed by atoms with van der Waals surface area (Å²) in [7, 11) is 0. The minimum absolute atomic E-state index is 0. The Labute approximate surface area is 140 Å². The number of ether oxygens (including phenoxy) is 1. The molecule has 0 amide bonds. The quantitative estimate of drug-likeness (QED) is 0.788. The first-order chi connectivity index (χ1) is 9.70. The molecule has 1 saturated heterocycles. The van der Waals surface area contributed by atoms with Crippen molar-refractivity contribution >= 4 is 24.0 Å². The van der Waals surface area contributed by atoms with Crippen LogP contribution in [-0.4, -0.2) is 19.7 Å². The van der Waals surface area contributed by atoms with Gasteiger partial charge in [-0.2, -0.15) is 0 Å². The monoisotopic (exact) mass is 331 g/mol. The zero-order chi connectivity index (χ0) is 14.4. The van der Waals surface area contributed by atoms with Gasteiger partial charge in [-0.3, -0.25) is 0 Å². The van der Waals surface area contributed by atoms with Crippen LogP contribution in [0.25, 0.3) is 0 Å². The predicted octanol–water partition coefficient (Wildman–Crippen LogP) is 5.04. The Morgan fingerprint density at radius 1 is 1.33 bits per heavy atom. The molecular weight excluding hydrogens is 305 g/mol. The highest BCUT2D eigenvalue weighted by Crippen LogP contribution is 2.30. The lowest BCUT2D eigenvalue weighted by Crippen LogP contribution is -2.28. The fraction of sp³-hybridized carbons (Fsp3) is 0.647. The van der Waals surface area contributed by atoms with Crippen molar-refractivity contribution in [3.8, 4) is 5.75 Å². The Morgan fingerprint density at radius 3 is 2.67 bits per heavy atom. The third-order valence-corrected chi connectivity index (χ3v) is 4.68. The van der Waals surface area contributed by atoms with E-state index in [0.717, 1.165) is 49.2 Å². The van der Waals surface area contributed by atoms with Crippen LogP contribution in [-0.2, 0) is 0 Å². The summed E-state index contributed by atoms with van der Waals surface area (Å²) in [4.78, 5) is 0. The SMILES string of the molecule is CCC(C)c1ccc(OCCC2CCNCC2)c(Cl)c1.Cl. The Morgan fingerprint density at radius 2 is 2.05 bits per heavy atom. The van der Waals surface area contributed by atoms with Crippen molar-refractivity contribution in [2.75, 3.05) is 19.7 Å². The van der Waals surface area contributed by atoms with Gasteiger partial charge < -0.3 is 10.1 Å². The van der Waals surface area contributed by atoms with Gasteiger partial charge >= 0.3 is 0 Å². The highest BCUT2D eigenvalue weighted by Gasteiger charge is 2.13. The van der Waals surface area contributed by atoms with Crippen molar-refractivity contribution in [2.24, 2.45) is 5.92 Å². The summed E-state index contributed by atoms with van der Waals surface area (Å²) in [6.07, 6.45) is 4.80. The molecule has 1 aliphatic rings. The van der Waals surface area contributed by atoms with Gasteiger partial charge in [-0.25, -0.2) is 0 Å². The van der Waals surface area contributed by atoms with E-state index in [1.54, 1.807) is 0 Å². The van der Waals surface area contributed by atoms with Gasteiger partial charge in [-0.15, -0.1) is 12.4 Å².